The molecule has 4 aromatic rings. The number of benzene rings is 4. The topological polar surface area (TPSA) is 57.2 Å². The van der Waals surface area contributed by atoms with Crippen molar-refractivity contribution in [1.82, 2.24) is 0 Å². The van der Waals surface area contributed by atoms with Crippen LogP contribution in [-0.4, -0.2) is 13.0 Å². The van der Waals surface area contributed by atoms with Gasteiger partial charge < -0.3 is 4.55 Å². The summed E-state index contributed by atoms with van der Waals surface area (Å²) in [5.74, 6) is 0. The monoisotopic (exact) mass is 413 g/mol. The van der Waals surface area contributed by atoms with E-state index in [1.54, 1.807) is 0 Å². The van der Waals surface area contributed by atoms with Crippen LogP contribution in [0.1, 0.15) is 11.1 Å². The summed E-state index contributed by atoms with van der Waals surface area (Å²) in [4.78, 5) is -0.158. The molecule has 0 saturated heterocycles. The molecule has 0 aromatic heterocycles. The Labute approximate surface area is 177 Å². The Morgan fingerprint density at radius 3 is 1.13 bits per heavy atom. The van der Waals surface area contributed by atoms with Crippen molar-refractivity contribution in [2.75, 3.05) is 0 Å². The molecular weight excluding hydrogens is 392 g/mol. The second-order valence-corrected chi connectivity index (χ2v) is 8.57. The summed E-state index contributed by atoms with van der Waals surface area (Å²) in [6.07, 6.45) is 0. The molecule has 0 spiro atoms. The van der Waals surface area contributed by atoms with E-state index in [9.17, 15) is 13.0 Å². The smallest absolute Gasteiger partial charge is 0.125 e. The van der Waals surface area contributed by atoms with E-state index in [2.05, 4.69) is 0 Å². The van der Waals surface area contributed by atoms with Crippen LogP contribution in [0.4, 0.5) is 0 Å². The molecule has 0 N–H and O–H groups in total. The third-order valence-electron chi connectivity index (χ3n) is 5.39. The predicted molar refractivity (Wildman–Crippen MR) is 120 cm³/mol. The maximum absolute atomic E-state index is 12.6. The van der Waals surface area contributed by atoms with Crippen molar-refractivity contribution in [2.45, 2.75) is 18.7 Å². The van der Waals surface area contributed by atoms with E-state index in [0.717, 1.165) is 22.3 Å². The van der Waals surface area contributed by atoms with Gasteiger partial charge in [-0.1, -0.05) is 91.0 Å². The van der Waals surface area contributed by atoms with Crippen LogP contribution in [0.3, 0.4) is 0 Å². The molecule has 3 nitrogen and oxygen atoms in total. The fourth-order valence-corrected chi connectivity index (χ4v) is 5.23. The molecule has 30 heavy (non-hydrogen) atoms. The van der Waals surface area contributed by atoms with Crippen LogP contribution >= 0.6 is 0 Å². The summed E-state index contributed by atoms with van der Waals surface area (Å²) in [6, 6.07) is 28.4. The van der Waals surface area contributed by atoms with Crippen molar-refractivity contribution < 1.29 is 13.0 Å². The Morgan fingerprint density at radius 1 is 0.533 bits per heavy atom. The summed E-state index contributed by atoms with van der Waals surface area (Å²) in [6.45, 7) is 3.78. The maximum atomic E-state index is 12.6. The van der Waals surface area contributed by atoms with E-state index in [1.807, 2.05) is 105 Å². The molecule has 4 heteroatoms. The Hall–Kier alpha value is -3.21. The maximum Gasteiger partial charge on any atom is 0.125 e. The minimum atomic E-state index is -4.75. The van der Waals surface area contributed by atoms with Crippen LogP contribution in [0.2, 0.25) is 0 Å². The van der Waals surface area contributed by atoms with Gasteiger partial charge in [0, 0.05) is 11.1 Å². The Morgan fingerprint density at radius 2 is 0.833 bits per heavy atom. The lowest BCUT2D eigenvalue weighted by molar-refractivity contribution is 0.463. The summed E-state index contributed by atoms with van der Waals surface area (Å²) in [5.41, 5.74) is 5.83. The van der Waals surface area contributed by atoms with Gasteiger partial charge in [0.15, 0.2) is 0 Å². The molecule has 0 saturated carbocycles. The third-order valence-corrected chi connectivity index (χ3v) is 6.30. The van der Waals surface area contributed by atoms with Crippen molar-refractivity contribution in [2.24, 2.45) is 0 Å². The molecule has 0 atom stereocenters. The molecule has 0 amide bonds. The lowest BCUT2D eigenvalue weighted by atomic mass is 9.84. The van der Waals surface area contributed by atoms with Crippen LogP contribution in [0.25, 0.3) is 33.4 Å². The molecule has 0 radical (unpaired) electrons. The summed E-state index contributed by atoms with van der Waals surface area (Å²) in [5, 5.41) is 0. The molecule has 4 rings (SSSR count). The van der Waals surface area contributed by atoms with Crippen molar-refractivity contribution in [1.29, 1.82) is 0 Å². The van der Waals surface area contributed by atoms with Gasteiger partial charge in [-0.25, -0.2) is 8.42 Å². The molecule has 4 aromatic carbocycles. The van der Waals surface area contributed by atoms with E-state index >= 15 is 0 Å². The molecule has 150 valence electrons. The van der Waals surface area contributed by atoms with Gasteiger partial charge in [0.25, 0.3) is 0 Å². The van der Waals surface area contributed by atoms with Gasteiger partial charge in [0.1, 0.15) is 10.1 Å². The minimum Gasteiger partial charge on any atom is -0.744 e. The summed E-state index contributed by atoms with van der Waals surface area (Å²) < 4.78 is 37.9. The third kappa shape index (κ3) is 3.56. The van der Waals surface area contributed by atoms with E-state index < -0.39 is 10.1 Å². The van der Waals surface area contributed by atoms with E-state index in [4.69, 9.17) is 0 Å². The highest BCUT2D eigenvalue weighted by Gasteiger charge is 2.25. The van der Waals surface area contributed by atoms with E-state index in [1.165, 1.54) is 0 Å². The highest BCUT2D eigenvalue weighted by molar-refractivity contribution is 7.86. The lowest BCUT2D eigenvalue weighted by Crippen LogP contribution is -2.09. The van der Waals surface area contributed by atoms with Crippen LogP contribution in [0, 0.1) is 13.8 Å². The first-order chi connectivity index (χ1) is 14.4. The Kier molecular flexibility index (Phi) is 5.29. The fourth-order valence-electron chi connectivity index (χ4n) is 4.19. The molecular formula is C26H21O3S-. The van der Waals surface area contributed by atoms with Gasteiger partial charge in [-0.2, -0.15) is 0 Å². The Bertz CT molecular complexity index is 1230. The SMILES string of the molecule is Cc1c(-c2ccccc2)c(C)c(-c2ccccc2)c(S(=O)(=O)[O-])c1-c1ccccc1. The predicted octanol–water partition coefficient (Wildman–Crippen LogP) is 6.21. The number of hydrogen-bond acceptors (Lipinski definition) is 3. The van der Waals surface area contributed by atoms with Crippen LogP contribution in [0.5, 0.6) is 0 Å². The van der Waals surface area contributed by atoms with E-state index in [-0.39, 0.29) is 4.90 Å². The molecule has 0 bridgehead atoms. The van der Waals surface area contributed by atoms with Crippen LogP contribution < -0.4 is 0 Å². The van der Waals surface area contributed by atoms with Crippen molar-refractivity contribution in [3.05, 3.63) is 102 Å². The standard InChI is InChI=1S/C26H22O3S/c1-18-23(20-12-6-3-7-13-20)19(2)25(22-16-10-5-11-17-22)26(30(27,28)29)24(18)21-14-8-4-9-15-21/h3-17H,1-2H3,(H,27,28,29)/p-1. The zero-order valence-corrected chi connectivity index (χ0v) is 17.6. The van der Waals surface area contributed by atoms with Gasteiger partial charge >= 0.3 is 0 Å². The normalized spacial score (nSPS) is 11.4. The zero-order chi connectivity index (χ0) is 21.3. The second kappa shape index (κ2) is 7.90. The summed E-state index contributed by atoms with van der Waals surface area (Å²) in [7, 11) is -4.75. The van der Waals surface area contributed by atoms with Gasteiger partial charge in [-0.15, -0.1) is 0 Å². The van der Waals surface area contributed by atoms with Crippen molar-refractivity contribution in [3.8, 4) is 33.4 Å². The Balaban J connectivity index is 2.25. The van der Waals surface area contributed by atoms with Gasteiger partial charge in [-0.05, 0) is 47.2 Å². The molecule has 0 fully saturated rings. The molecule has 0 aliphatic heterocycles. The van der Waals surface area contributed by atoms with Gasteiger partial charge in [0.05, 0.1) is 4.90 Å². The van der Waals surface area contributed by atoms with E-state index in [0.29, 0.717) is 22.3 Å². The lowest BCUT2D eigenvalue weighted by Gasteiger charge is -2.26. The van der Waals surface area contributed by atoms with Crippen molar-refractivity contribution in [3.63, 3.8) is 0 Å². The summed E-state index contributed by atoms with van der Waals surface area (Å²) >= 11 is 0. The first-order valence-electron chi connectivity index (χ1n) is 9.69. The minimum absolute atomic E-state index is 0.158. The molecule has 0 aliphatic carbocycles. The first kappa shape index (κ1) is 20.1. The number of hydrogen-bond donors (Lipinski definition) is 0. The quantitative estimate of drug-likeness (QED) is 0.374. The molecule has 0 unspecified atom stereocenters. The molecule has 0 heterocycles. The largest absolute Gasteiger partial charge is 0.744 e. The highest BCUT2D eigenvalue weighted by atomic mass is 32.2. The average Bonchev–Trinajstić information content (AvgIpc) is 2.75. The molecule has 0 aliphatic rings. The van der Waals surface area contributed by atoms with Crippen molar-refractivity contribution >= 4 is 10.1 Å². The van der Waals surface area contributed by atoms with Gasteiger partial charge in [0.2, 0.25) is 0 Å². The van der Waals surface area contributed by atoms with Crippen LogP contribution in [0.15, 0.2) is 95.9 Å². The fraction of sp³-hybridized carbons (Fsp3) is 0.0769. The second-order valence-electron chi connectivity index (χ2n) is 7.26. The average molecular weight is 414 g/mol. The zero-order valence-electron chi connectivity index (χ0n) is 16.8. The van der Waals surface area contributed by atoms with Gasteiger partial charge in [-0.3, -0.25) is 0 Å². The number of rotatable bonds is 4. The first-order valence-corrected chi connectivity index (χ1v) is 11.1. The highest BCUT2D eigenvalue weighted by Crippen LogP contribution is 2.45. The van der Waals surface area contributed by atoms with Crippen LogP contribution in [-0.2, 0) is 10.1 Å².